The van der Waals surface area contributed by atoms with Gasteiger partial charge in [-0.05, 0) is 0 Å². The van der Waals surface area contributed by atoms with Crippen LogP contribution in [0.2, 0.25) is 0 Å². The number of hydrogen-bond donors (Lipinski definition) is 0. The van der Waals surface area contributed by atoms with E-state index in [-0.39, 0.29) is 24.5 Å². The van der Waals surface area contributed by atoms with Crippen molar-refractivity contribution < 1.29 is 9.53 Å². The fourth-order valence-electron chi connectivity index (χ4n) is 1.92. The van der Waals surface area contributed by atoms with E-state index >= 15 is 0 Å². The number of imidazole rings is 1. The fourth-order valence-corrected chi connectivity index (χ4v) is 1.92. The maximum atomic E-state index is 12.2. The zero-order chi connectivity index (χ0) is 14.2. The summed E-state index contributed by atoms with van der Waals surface area (Å²) in [6.45, 7) is -0.445. The maximum Gasteiger partial charge on any atom is 0.332 e. The summed E-state index contributed by atoms with van der Waals surface area (Å²) in [4.78, 5) is 39.8. The summed E-state index contributed by atoms with van der Waals surface area (Å²) >= 11 is 0. The van der Waals surface area contributed by atoms with Crippen molar-refractivity contribution in [3.8, 4) is 0 Å². The van der Waals surface area contributed by atoms with Gasteiger partial charge in [-0.3, -0.25) is 18.7 Å². The molecule has 0 saturated heterocycles. The number of ether oxygens (including phenoxy) is 1. The molecule has 0 aromatic carbocycles. The van der Waals surface area contributed by atoms with E-state index in [1.165, 1.54) is 29.6 Å². The summed E-state index contributed by atoms with van der Waals surface area (Å²) in [5.74, 6) is -0.344. The van der Waals surface area contributed by atoms with Crippen LogP contribution >= 0.6 is 0 Å². The van der Waals surface area contributed by atoms with E-state index in [0.717, 1.165) is 4.57 Å². The predicted octanol–water partition coefficient (Wildman–Crippen LogP) is -1.35. The van der Waals surface area contributed by atoms with Crippen molar-refractivity contribution in [2.75, 3.05) is 13.7 Å². The van der Waals surface area contributed by atoms with Crippen LogP contribution in [-0.2, 0) is 30.2 Å². The zero-order valence-electron chi connectivity index (χ0n) is 10.9. The van der Waals surface area contributed by atoms with E-state index in [2.05, 4.69) is 4.98 Å². The highest BCUT2D eigenvalue weighted by atomic mass is 16.5. The first-order valence-electron chi connectivity index (χ1n) is 5.59. The minimum absolute atomic E-state index is 0.140. The quantitative estimate of drug-likeness (QED) is 0.682. The summed E-state index contributed by atoms with van der Waals surface area (Å²) in [7, 11) is 4.54. The first-order valence-corrected chi connectivity index (χ1v) is 5.59. The minimum atomic E-state index is -0.569. The summed E-state index contributed by atoms with van der Waals surface area (Å²) in [5.41, 5.74) is -0.511. The van der Waals surface area contributed by atoms with Gasteiger partial charge in [0.1, 0.15) is 6.61 Å². The molecule has 0 aliphatic carbocycles. The van der Waals surface area contributed by atoms with Gasteiger partial charge in [-0.25, -0.2) is 9.78 Å². The lowest BCUT2D eigenvalue weighted by Gasteiger charge is -2.07. The molecule has 2 rings (SSSR count). The van der Waals surface area contributed by atoms with Gasteiger partial charge in [-0.15, -0.1) is 0 Å². The summed E-state index contributed by atoms with van der Waals surface area (Å²) < 4.78 is 8.35. The molecule has 0 saturated carbocycles. The number of rotatable bonds is 4. The number of nitrogens with zero attached hydrogens (tertiary/aromatic N) is 4. The highest BCUT2D eigenvalue weighted by Gasteiger charge is 2.16. The Hall–Kier alpha value is -2.22. The standard InChI is InChI=1S/C11H14N4O4/c1-13-6-12-9-8(13)10(17)15(11(18)14(9)2)4-7(16)5-19-3/h6H,4-5H2,1-3H3. The highest BCUT2D eigenvalue weighted by molar-refractivity contribution is 5.79. The second kappa shape index (κ2) is 4.81. The van der Waals surface area contributed by atoms with Crippen LogP contribution in [0.5, 0.6) is 0 Å². The van der Waals surface area contributed by atoms with Gasteiger partial charge >= 0.3 is 5.69 Å². The Kier molecular flexibility index (Phi) is 3.34. The topological polar surface area (TPSA) is 88.1 Å². The number of carbonyl (C=O) groups is 1. The van der Waals surface area contributed by atoms with Crippen LogP contribution < -0.4 is 11.2 Å². The van der Waals surface area contributed by atoms with E-state index in [9.17, 15) is 14.4 Å². The predicted molar refractivity (Wildman–Crippen MR) is 67.1 cm³/mol. The number of ketones is 1. The van der Waals surface area contributed by atoms with Gasteiger partial charge in [0, 0.05) is 21.2 Å². The molecule has 0 unspecified atom stereocenters. The largest absolute Gasteiger partial charge is 0.377 e. The van der Waals surface area contributed by atoms with E-state index in [4.69, 9.17) is 4.74 Å². The van der Waals surface area contributed by atoms with Crippen LogP contribution in [-0.4, -0.2) is 38.2 Å². The molecular formula is C11H14N4O4. The maximum absolute atomic E-state index is 12.2. The number of aromatic nitrogens is 4. The molecule has 0 amide bonds. The molecule has 102 valence electrons. The molecule has 2 aromatic rings. The molecule has 0 aliphatic heterocycles. The third kappa shape index (κ3) is 2.10. The van der Waals surface area contributed by atoms with Gasteiger partial charge in [0.25, 0.3) is 5.56 Å². The lowest BCUT2D eigenvalue weighted by atomic mass is 10.4. The first kappa shape index (κ1) is 13.2. The summed E-state index contributed by atoms with van der Waals surface area (Å²) in [6, 6.07) is 0. The van der Waals surface area contributed by atoms with Crippen LogP contribution in [0.4, 0.5) is 0 Å². The second-order valence-electron chi connectivity index (χ2n) is 4.23. The average molecular weight is 266 g/mol. The Balaban J connectivity index is 2.68. The number of carbonyl (C=O) groups excluding carboxylic acids is 1. The molecule has 0 bridgehead atoms. The summed E-state index contributed by atoms with van der Waals surface area (Å²) in [6.07, 6.45) is 1.45. The third-order valence-corrected chi connectivity index (χ3v) is 2.84. The Labute approximate surface area is 107 Å². The SMILES string of the molecule is COCC(=O)Cn1c(=O)c2c(ncn2C)n(C)c1=O. The number of aryl methyl sites for hydroxylation is 2. The Bertz CT molecular complexity index is 752. The highest BCUT2D eigenvalue weighted by Crippen LogP contribution is 2.02. The van der Waals surface area contributed by atoms with Crippen molar-refractivity contribution in [2.45, 2.75) is 6.54 Å². The minimum Gasteiger partial charge on any atom is -0.377 e. The molecule has 0 radical (unpaired) electrons. The monoisotopic (exact) mass is 266 g/mol. The molecular weight excluding hydrogens is 252 g/mol. The smallest absolute Gasteiger partial charge is 0.332 e. The second-order valence-corrected chi connectivity index (χ2v) is 4.23. The molecule has 2 aromatic heterocycles. The Morgan fingerprint density at radius 1 is 1.37 bits per heavy atom. The third-order valence-electron chi connectivity index (χ3n) is 2.84. The van der Waals surface area contributed by atoms with E-state index in [1.54, 1.807) is 7.05 Å². The van der Waals surface area contributed by atoms with Gasteiger partial charge in [-0.1, -0.05) is 0 Å². The molecule has 8 nitrogen and oxygen atoms in total. The average Bonchev–Trinajstić information content (AvgIpc) is 2.74. The Morgan fingerprint density at radius 3 is 2.68 bits per heavy atom. The van der Waals surface area contributed by atoms with Gasteiger partial charge in [-0.2, -0.15) is 0 Å². The molecule has 2 heterocycles. The van der Waals surface area contributed by atoms with Crippen LogP contribution in [0.1, 0.15) is 0 Å². The van der Waals surface area contributed by atoms with Crippen molar-refractivity contribution in [3.05, 3.63) is 27.2 Å². The molecule has 0 N–H and O–H groups in total. The van der Waals surface area contributed by atoms with E-state index in [0.29, 0.717) is 5.65 Å². The first-order chi connectivity index (χ1) is 8.97. The molecule has 8 heteroatoms. The number of fused-ring (bicyclic) bond motifs is 1. The van der Waals surface area contributed by atoms with Crippen molar-refractivity contribution >= 4 is 16.9 Å². The molecule has 0 fully saturated rings. The molecule has 19 heavy (non-hydrogen) atoms. The van der Waals surface area contributed by atoms with Gasteiger partial charge in [0.2, 0.25) is 0 Å². The van der Waals surface area contributed by atoms with Crippen molar-refractivity contribution in [1.29, 1.82) is 0 Å². The van der Waals surface area contributed by atoms with Crippen molar-refractivity contribution in [1.82, 2.24) is 18.7 Å². The molecule has 0 aliphatic rings. The summed E-state index contributed by atoms with van der Waals surface area (Å²) in [5, 5.41) is 0. The van der Waals surface area contributed by atoms with Gasteiger partial charge in [0.05, 0.1) is 12.9 Å². The molecule has 0 atom stereocenters. The number of methoxy groups -OCH3 is 1. The van der Waals surface area contributed by atoms with Crippen LogP contribution in [0.25, 0.3) is 11.2 Å². The number of hydrogen-bond acceptors (Lipinski definition) is 5. The number of Topliss-reactive ketones (excluding diaryl/α,β-unsaturated/α-hetero) is 1. The van der Waals surface area contributed by atoms with Gasteiger partial charge in [0.15, 0.2) is 16.9 Å². The van der Waals surface area contributed by atoms with Crippen LogP contribution in [0.3, 0.4) is 0 Å². The van der Waals surface area contributed by atoms with Crippen LogP contribution in [0.15, 0.2) is 15.9 Å². The van der Waals surface area contributed by atoms with E-state index in [1.807, 2.05) is 0 Å². The fraction of sp³-hybridized carbons (Fsp3) is 0.455. The Morgan fingerprint density at radius 2 is 2.05 bits per heavy atom. The van der Waals surface area contributed by atoms with E-state index < -0.39 is 11.2 Å². The van der Waals surface area contributed by atoms with Crippen molar-refractivity contribution in [2.24, 2.45) is 14.1 Å². The lowest BCUT2D eigenvalue weighted by Crippen LogP contribution is -2.41. The van der Waals surface area contributed by atoms with Gasteiger partial charge < -0.3 is 9.30 Å². The van der Waals surface area contributed by atoms with Crippen molar-refractivity contribution in [3.63, 3.8) is 0 Å². The zero-order valence-corrected chi connectivity index (χ0v) is 10.9. The normalized spacial score (nSPS) is 11.1. The molecule has 0 spiro atoms. The van der Waals surface area contributed by atoms with Crippen LogP contribution in [0, 0.1) is 0 Å². The lowest BCUT2D eigenvalue weighted by molar-refractivity contribution is -0.123.